The molecule has 136 valence electrons. The fourth-order valence-corrected chi connectivity index (χ4v) is 3.52. The Labute approximate surface area is 152 Å². The second kappa shape index (κ2) is 6.99. The third kappa shape index (κ3) is 3.08. The molecule has 3 heterocycles. The largest absolute Gasteiger partial charge is 0.366 e. The molecule has 1 saturated heterocycles. The van der Waals surface area contributed by atoms with Crippen molar-refractivity contribution in [2.75, 3.05) is 38.1 Å². The van der Waals surface area contributed by atoms with E-state index in [4.69, 9.17) is 17.2 Å². The normalized spacial score (nSPS) is 15.0. The van der Waals surface area contributed by atoms with Gasteiger partial charge in [-0.2, -0.15) is 5.10 Å². The first-order valence-corrected chi connectivity index (χ1v) is 9.04. The lowest BCUT2D eigenvalue weighted by molar-refractivity contribution is 0.377. The second-order valence-corrected chi connectivity index (χ2v) is 6.69. The Morgan fingerprint density at radius 1 is 1.28 bits per heavy atom. The first kappa shape index (κ1) is 17.7. The fourth-order valence-electron chi connectivity index (χ4n) is 3.33. The van der Waals surface area contributed by atoms with Gasteiger partial charge in [0.1, 0.15) is 5.52 Å². The highest BCUT2D eigenvalue weighted by atomic mass is 32.1. The number of hydrogen-bond acceptors (Lipinski definition) is 5. The summed E-state index contributed by atoms with van der Waals surface area (Å²) in [5, 5.41) is 8.16. The van der Waals surface area contributed by atoms with Crippen molar-refractivity contribution in [2.45, 2.75) is 26.8 Å². The number of rotatable bonds is 3. The highest BCUT2D eigenvalue weighted by molar-refractivity contribution is 7.80. The van der Waals surface area contributed by atoms with Gasteiger partial charge in [-0.1, -0.05) is 6.92 Å². The maximum Gasteiger partial charge on any atom is 0.281 e. The molecule has 1 aliphatic heterocycles. The zero-order valence-electron chi connectivity index (χ0n) is 15.2. The third-order valence-electron chi connectivity index (χ3n) is 4.60. The summed E-state index contributed by atoms with van der Waals surface area (Å²) in [6.07, 6.45) is 0.876. The average Bonchev–Trinajstić information content (AvgIpc) is 2.90. The molecule has 0 radical (unpaired) electrons. The molecular formula is C16H25N7OS. The Balaban J connectivity index is 2.01. The molecule has 9 heteroatoms. The monoisotopic (exact) mass is 363 g/mol. The van der Waals surface area contributed by atoms with Gasteiger partial charge >= 0.3 is 0 Å². The minimum Gasteiger partial charge on any atom is -0.366 e. The molecule has 0 spiro atoms. The van der Waals surface area contributed by atoms with E-state index in [9.17, 15) is 4.79 Å². The molecule has 2 aromatic rings. The highest BCUT2D eigenvalue weighted by Crippen LogP contribution is 2.19. The van der Waals surface area contributed by atoms with Crippen molar-refractivity contribution < 1.29 is 0 Å². The molecule has 0 atom stereocenters. The number of aromatic nitrogens is 4. The molecule has 0 aromatic carbocycles. The van der Waals surface area contributed by atoms with Crippen molar-refractivity contribution in [1.82, 2.24) is 29.5 Å². The average molecular weight is 363 g/mol. The summed E-state index contributed by atoms with van der Waals surface area (Å²) in [6.45, 7) is 7.80. The lowest BCUT2D eigenvalue weighted by Gasteiger charge is -2.37. The van der Waals surface area contributed by atoms with E-state index in [2.05, 4.69) is 27.1 Å². The molecule has 8 nitrogen and oxygen atoms in total. The number of hydrogen-bond donors (Lipinski definition) is 1. The van der Waals surface area contributed by atoms with Crippen molar-refractivity contribution in [3.8, 4) is 0 Å². The fraction of sp³-hybridized carbons (Fsp3) is 0.625. The summed E-state index contributed by atoms with van der Waals surface area (Å²) >= 11 is 5.32. The van der Waals surface area contributed by atoms with Crippen LogP contribution >= 0.6 is 12.2 Å². The van der Waals surface area contributed by atoms with E-state index >= 15 is 0 Å². The van der Waals surface area contributed by atoms with Crippen LogP contribution in [0.15, 0.2) is 4.79 Å². The van der Waals surface area contributed by atoms with Gasteiger partial charge in [0.15, 0.2) is 10.6 Å². The van der Waals surface area contributed by atoms with Crippen LogP contribution in [0.5, 0.6) is 0 Å². The van der Waals surface area contributed by atoms with Crippen molar-refractivity contribution in [1.29, 1.82) is 0 Å². The molecule has 1 aliphatic rings. The molecule has 0 bridgehead atoms. The molecular weight excluding hydrogens is 338 g/mol. The molecule has 1 N–H and O–H groups in total. The molecule has 0 amide bonds. The summed E-state index contributed by atoms with van der Waals surface area (Å²) < 4.78 is 3.43. The highest BCUT2D eigenvalue weighted by Gasteiger charge is 2.24. The number of piperazine rings is 1. The molecule has 0 unspecified atom stereocenters. The molecule has 2 aromatic heterocycles. The summed E-state index contributed by atoms with van der Waals surface area (Å²) in [6, 6.07) is 0. The molecule has 25 heavy (non-hydrogen) atoms. The van der Waals surface area contributed by atoms with E-state index in [-0.39, 0.29) is 5.56 Å². The van der Waals surface area contributed by atoms with Gasteiger partial charge in [-0.05, 0) is 25.6 Å². The van der Waals surface area contributed by atoms with Crippen LogP contribution in [0.2, 0.25) is 0 Å². The number of fused-ring (bicyclic) bond motifs is 1. The summed E-state index contributed by atoms with van der Waals surface area (Å²) in [7, 11) is 3.64. The van der Waals surface area contributed by atoms with E-state index in [0.717, 1.165) is 49.4 Å². The second-order valence-electron chi connectivity index (χ2n) is 6.30. The Bertz CT molecular complexity index is 848. The summed E-state index contributed by atoms with van der Waals surface area (Å²) in [4.78, 5) is 22.2. The smallest absolute Gasteiger partial charge is 0.281 e. The van der Waals surface area contributed by atoms with Gasteiger partial charge < -0.3 is 15.1 Å². The Morgan fingerprint density at radius 3 is 2.56 bits per heavy atom. The minimum absolute atomic E-state index is 0.0156. The predicted octanol–water partition coefficient (Wildman–Crippen LogP) is 0.475. The van der Waals surface area contributed by atoms with E-state index in [0.29, 0.717) is 17.6 Å². The van der Waals surface area contributed by atoms with Crippen molar-refractivity contribution >= 4 is 34.3 Å². The molecule has 3 rings (SSSR count). The SMILES string of the molecule is CCCn1c(N2CCN(C(=S)NC)CC2)nc2c(C)nn(C)c2c1=O. The van der Waals surface area contributed by atoms with Gasteiger partial charge in [-0.15, -0.1) is 0 Å². The quantitative estimate of drug-likeness (QED) is 0.795. The van der Waals surface area contributed by atoms with Gasteiger partial charge in [0.25, 0.3) is 5.56 Å². The van der Waals surface area contributed by atoms with E-state index < -0.39 is 0 Å². The zero-order chi connectivity index (χ0) is 18.1. The Hall–Kier alpha value is -2.16. The number of aryl methyl sites for hydroxylation is 2. The molecule has 0 aliphatic carbocycles. The predicted molar refractivity (Wildman–Crippen MR) is 103 cm³/mol. The number of nitrogens with one attached hydrogen (secondary N) is 1. The van der Waals surface area contributed by atoms with Gasteiger partial charge in [-0.3, -0.25) is 14.0 Å². The molecule has 0 saturated carbocycles. The van der Waals surface area contributed by atoms with Crippen LogP contribution in [0.4, 0.5) is 5.95 Å². The third-order valence-corrected chi connectivity index (χ3v) is 5.06. The van der Waals surface area contributed by atoms with Crippen LogP contribution in [0.1, 0.15) is 19.0 Å². The van der Waals surface area contributed by atoms with Crippen molar-refractivity contribution in [3.05, 3.63) is 16.0 Å². The van der Waals surface area contributed by atoms with Crippen LogP contribution in [0, 0.1) is 6.92 Å². The van der Waals surface area contributed by atoms with E-state index in [1.54, 1.807) is 16.3 Å². The lowest BCUT2D eigenvalue weighted by Crippen LogP contribution is -2.52. The number of thiocarbonyl (C=S) groups is 1. The zero-order valence-corrected chi connectivity index (χ0v) is 16.1. The van der Waals surface area contributed by atoms with Gasteiger partial charge in [0.2, 0.25) is 5.95 Å². The maximum absolute atomic E-state index is 13.0. The first-order chi connectivity index (χ1) is 12.0. The van der Waals surface area contributed by atoms with E-state index in [1.807, 2.05) is 14.0 Å². The van der Waals surface area contributed by atoms with Crippen LogP contribution in [0.3, 0.4) is 0 Å². The van der Waals surface area contributed by atoms with Gasteiger partial charge in [-0.25, -0.2) is 4.98 Å². The lowest BCUT2D eigenvalue weighted by atomic mass is 10.3. The van der Waals surface area contributed by atoms with Crippen LogP contribution in [0.25, 0.3) is 11.0 Å². The van der Waals surface area contributed by atoms with Crippen LogP contribution in [-0.2, 0) is 13.6 Å². The topological polar surface area (TPSA) is 71.2 Å². The summed E-state index contributed by atoms with van der Waals surface area (Å²) in [5.74, 6) is 0.741. The Kier molecular flexibility index (Phi) is 4.94. The number of anilines is 1. The maximum atomic E-state index is 13.0. The van der Waals surface area contributed by atoms with Crippen molar-refractivity contribution in [2.24, 2.45) is 7.05 Å². The molecule has 1 fully saturated rings. The minimum atomic E-state index is -0.0156. The van der Waals surface area contributed by atoms with Gasteiger partial charge in [0.05, 0.1) is 5.69 Å². The van der Waals surface area contributed by atoms with Gasteiger partial charge in [0, 0.05) is 46.8 Å². The summed E-state index contributed by atoms with van der Waals surface area (Å²) in [5.41, 5.74) is 2.04. The van der Waals surface area contributed by atoms with Crippen molar-refractivity contribution in [3.63, 3.8) is 0 Å². The Morgan fingerprint density at radius 2 is 1.96 bits per heavy atom. The standard InChI is InChI=1S/C16H25N7OS/c1-5-6-23-14(24)13-12(11(2)19-20(13)4)18-15(23)21-7-9-22(10-8-21)16(25)17-3/h5-10H2,1-4H3,(H,17,25). The first-order valence-electron chi connectivity index (χ1n) is 8.63. The van der Waals surface area contributed by atoms with Crippen LogP contribution < -0.4 is 15.8 Å². The van der Waals surface area contributed by atoms with E-state index in [1.165, 1.54) is 0 Å². The van der Waals surface area contributed by atoms with Crippen LogP contribution in [-0.4, -0.2) is 62.6 Å². The number of nitrogens with zero attached hydrogens (tertiary/aromatic N) is 6.